The summed E-state index contributed by atoms with van der Waals surface area (Å²) >= 11 is 0. The van der Waals surface area contributed by atoms with E-state index in [4.69, 9.17) is 9.78 Å². The van der Waals surface area contributed by atoms with Crippen LogP contribution in [0.3, 0.4) is 0 Å². The molecule has 2 unspecified atom stereocenters. The monoisotopic (exact) mass is 354 g/mol. The molecule has 0 radical (unpaired) electrons. The number of hydrogen-bond acceptors (Lipinski definition) is 6. The van der Waals surface area contributed by atoms with Crippen molar-refractivity contribution in [2.45, 2.75) is 26.1 Å². The lowest BCUT2D eigenvalue weighted by atomic mass is 10.0. The maximum atomic E-state index is 12.4. The average Bonchev–Trinajstić information content (AvgIpc) is 2.65. The molecule has 2 atom stereocenters. The van der Waals surface area contributed by atoms with Crippen molar-refractivity contribution in [3.05, 3.63) is 71.8 Å². The molecule has 6 heteroatoms. The van der Waals surface area contributed by atoms with Crippen LogP contribution >= 0.6 is 0 Å². The molecule has 0 aliphatic carbocycles. The summed E-state index contributed by atoms with van der Waals surface area (Å²) in [4.78, 5) is 58.3. The largest absolute Gasteiger partial charge is 0.296 e. The zero-order valence-electron chi connectivity index (χ0n) is 14.4. The number of carbonyl (C=O) groups is 4. The number of carbonyl (C=O) groups excluding carboxylic acids is 4. The zero-order chi connectivity index (χ0) is 19.1. The molecule has 0 heterocycles. The van der Waals surface area contributed by atoms with Gasteiger partial charge in [-0.25, -0.2) is 9.78 Å². The first-order valence-electron chi connectivity index (χ1n) is 7.93. The molecule has 6 nitrogen and oxygen atoms in total. The van der Waals surface area contributed by atoms with E-state index >= 15 is 0 Å². The molecule has 134 valence electrons. The van der Waals surface area contributed by atoms with Crippen LogP contribution < -0.4 is 0 Å². The van der Waals surface area contributed by atoms with E-state index in [2.05, 4.69) is 0 Å². The summed E-state index contributed by atoms with van der Waals surface area (Å²) < 4.78 is 0. The van der Waals surface area contributed by atoms with Crippen molar-refractivity contribution in [1.29, 1.82) is 0 Å². The molecule has 0 fully saturated rings. The molecule has 2 aromatic carbocycles. The van der Waals surface area contributed by atoms with E-state index in [1.807, 2.05) is 0 Å². The van der Waals surface area contributed by atoms with Crippen LogP contribution in [0.15, 0.2) is 60.7 Å². The topological polar surface area (TPSA) is 86.7 Å². The van der Waals surface area contributed by atoms with Crippen molar-refractivity contribution < 1.29 is 29.0 Å². The lowest BCUT2D eigenvalue weighted by Gasteiger charge is -2.17. The summed E-state index contributed by atoms with van der Waals surface area (Å²) in [6.45, 7) is 2.33. The van der Waals surface area contributed by atoms with Gasteiger partial charge in [0.15, 0.2) is 11.6 Å². The van der Waals surface area contributed by atoms with E-state index in [1.54, 1.807) is 36.4 Å². The van der Waals surface area contributed by atoms with Crippen LogP contribution in [0.25, 0.3) is 0 Å². The highest BCUT2D eigenvalue weighted by molar-refractivity contribution is 6.13. The Balaban J connectivity index is 2.15. The number of Topliss-reactive ketones (excluding diaryl/α,β-unsaturated/α-hetero) is 4. The van der Waals surface area contributed by atoms with Gasteiger partial charge in [0.25, 0.3) is 0 Å². The number of rotatable bonds is 9. The van der Waals surface area contributed by atoms with Gasteiger partial charge in [-0.05, 0) is 13.8 Å². The third kappa shape index (κ3) is 4.78. The second kappa shape index (κ2) is 8.94. The Kier molecular flexibility index (Phi) is 6.66. The van der Waals surface area contributed by atoms with Crippen LogP contribution in [0.5, 0.6) is 0 Å². The van der Waals surface area contributed by atoms with Crippen molar-refractivity contribution in [2.24, 2.45) is 0 Å². The molecule has 26 heavy (non-hydrogen) atoms. The second-order valence-corrected chi connectivity index (χ2v) is 5.63. The molecule has 2 aromatic rings. The third-order valence-corrected chi connectivity index (χ3v) is 3.58. The molecule has 0 spiro atoms. The fourth-order valence-corrected chi connectivity index (χ4v) is 2.21. The standard InChI is InChI=1S/C20H18O6/c1-13(21)19(17(23)15-9-5-3-6-10-15)25-26-20(14(2)22)18(24)16-11-7-4-8-12-16/h3-12,19-20H,1-2H3. The lowest BCUT2D eigenvalue weighted by molar-refractivity contribution is -0.314. The molecule has 0 amide bonds. The van der Waals surface area contributed by atoms with Crippen LogP contribution in [0, 0.1) is 0 Å². The molecule has 0 aliphatic heterocycles. The van der Waals surface area contributed by atoms with Crippen LogP contribution in [-0.2, 0) is 19.4 Å². The number of ketones is 4. The van der Waals surface area contributed by atoms with E-state index in [0.29, 0.717) is 0 Å². The molecule has 0 aliphatic rings. The normalized spacial score (nSPS) is 12.8. The van der Waals surface area contributed by atoms with Crippen molar-refractivity contribution in [2.75, 3.05) is 0 Å². The molecule has 0 N–H and O–H groups in total. The summed E-state index contributed by atoms with van der Waals surface area (Å²) in [5.74, 6) is -2.44. The Labute approximate surface area is 150 Å². The number of benzene rings is 2. The van der Waals surface area contributed by atoms with Gasteiger partial charge in [-0.3, -0.25) is 19.2 Å². The van der Waals surface area contributed by atoms with Gasteiger partial charge in [-0.2, -0.15) is 0 Å². The Morgan fingerprint density at radius 2 is 0.923 bits per heavy atom. The maximum Gasteiger partial charge on any atom is 0.213 e. The van der Waals surface area contributed by atoms with E-state index < -0.39 is 35.3 Å². The lowest BCUT2D eigenvalue weighted by Crippen LogP contribution is -2.37. The van der Waals surface area contributed by atoms with Crippen molar-refractivity contribution in [3.8, 4) is 0 Å². The van der Waals surface area contributed by atoms with Gasteiger partial charge in [0.05, 0.1) is 0 Å². The molecule has 0 aromatic heterocycles. The van der Waals surface area contributed by atoms with Crippen LogP contribution in [0.4, 0.5) is 0 Å². The maximum absolute atomic E-state index is 12.4. The zero-order valence-corrected chi connectivity index (χ0v) is 14.4. The number of hydrogen-bond donors (Lipinski definition) is 0. The Morgan fingerprint density at radius 1 is 0.615 bits per heavy atom. The Morgan fingerprint density at radius 3 is 1.19 bits per heavy atom. The minimum absolute atomic E-state index is 0.255. The van der Waals surface area contributed by atoms with Gasteiger partial charge in [-0.1, -0.05) is 60.7 Å². The van der Waals surface area contributed by atoms with E-state index in [-0.39, 0.29) is 11.1 Å². The molecular formula is C20H18O6. The van der Waals surface area contributed by atoms with Crippen LogP contribution in [-0.4, -0.2) is 35.3 Å². The quantitative estimate of drug-likeness (QED) is 0.298. The summed E-state index contributed by atoms with van der Waals surface area (Å²) in [5.41, 5.74) is 0.509. The van der Waals surface area contributed by atoms with Crippen LogP contribution in [0.2, 0.25) is 0 Å². The van der Waals surface area contributed by atoms with Gasteiger partial charge >= 0.3 is 0 Å². The van der Waals surface area contributed by atoms with E-state index in [0.717, 1.165) is 13.8 Å². The van der Waals surface area contributed by atoms with E-state index in [9.17, 15) is 19.2 Å². The minimum atomic E-state index is -1.57. The summed E-state index contributed by atoms with van der Waals surface area (Å²) in [5, 5.41) is 0. The summed E-state index contributed by atoms with van der Waals surface area (Å²) in [7, 11) is 0. The first-order valence-corrected chi connectivity index (χ1v) is 7.93. The summed E-state index contributed by atoms with van der Waals surface area (Å²) in [6.07, 6.45) is -3.13. The fraction of sp³-hybridized carbons (Fsp3) is 0.200. The molecule has 0 saturated heterocycles. The first-order chi connectivity index (χ1) is 12.4. The van der Waals surface area contributed by atoms with Crippen LogP contribution in [0.1, 0.15) is 34.6 Å². The first kappa shape index (κ1) is 19.4. The van der Waals surface area contributed by atoms with Crippen molar-refractivity contribution in [1.82, 2.24) is 0 Å². The molecule has 0 saturated carbocycles. The molecule has 0 bridgehead atoms. The fourth-order valence-electron chi connectivity index (χ4n) is 2.21. The SMILES string of the molecule is CC(=O)C(OOC(C(C)=O)C(=O)c1ccccc1)C(=O)c1ccccc1. The summed E-state index contributed by atoms with van der Waals surface area (Å²) in [6, 6.07) is 16.1. The second-order valence-electron chi connectivity index (χ2n) is 5.63. The van der Waals surface area contributed by atoms with Gasteiger partial charge in [0.1, 0.15) is 0 Å². The smallest absolute Gasteiger partial charge is 0.213 e. The van der Waals surface area contributed by atoms with E-state index in [1.165, 1.54) is 24.3 Å². The molecular weight excluding hydrogens is 336 g/mol. The van der Waals surface area contributed by atoms with Crippen molar-refractivity contribution >= 4 is 23.1 Å². The molecule has 2 rings (SSSR count). The Bertz CT molecular complexity index is 728. The van der Waals surface area contributed by atoms with Crippen molar-refractivity contribution in [3.63, 3.8) is 0 Å². The van der Waals surface area contributed by atoms with Gasteiger partial charge in [-0.15, -0.1) is 0 Å². The Hall–Kier alpha value is -2.96. The predicted octanol–water partition coefficient (Wildman–Crippen LogP) is 2.62. The highest BCUT2D eigenvalue weighted by atomic mass is 17.2. The predicted molar refractivity (Wildman–Crippen MR) is 92.7 cm³/mol. The van der Waals surface area contributed by atoms with Gasteiger partial charge in [0, 0.05) is 11.1 Å². The van der Waals surface area contributed by atoms with Gasteiger partial charge < -0.3 is 0 Å². The minimum Gasteiger partial charge on any atom is -0.296 e. The third-order valence-electron chi connectivity index (χ3n) is 3.58. The van der Waals surface area contributed by atoms with Gasteiger partial charge in [0.2, 0.25) is 23.8 Å². The highest BCUT2D eigenvalue weighted by Crippen LogP contribution is 2.12. The average molecular weight is 354 g/mol. The highest BCUT2D eigenvalue weighted by Gasteiger charge is 2.32.